The topological polar surface area (TPSA) is 70.6 Å². The van der Waals surface area contributed by atoms with Gasteiger partial charge in [0.2, 0.25) is 5.91 Å². The van der Waals surface area contributed by atoms with Crippen molar-refractivity contribution < 1.29 is 14.6 Å². The minimum atomic E-state index is -0.400. The van der Waals surface area contributed by atoms with Gasteiger partial charge in [0.25, 0.3) is 0 Å². The highest BCUT2D eigenvalue weighted by Gasteiger charge is 2.45. The van der Waals surface area contributed by atoms with Crippen molar-refractivity contribution in [1.29, 1.82) is 0 Å². The maximum absolute atomic E-state index is 12.7. The summed E-state index contributed by atoms with van der Waals surface area (Å²) in [5.41, 5.74) is 0.658. The average molecular weight is 341 g/mol. The number of ether oxygens (including phenoxy) is 1. The van der Waals surface area contributed by atoms with Crippen molar-refractivity contribution in [3.8, 4) is 5.75 Å². The molecule has 1 saturated carbocycles. The minimum Gasteiger partial charge on any atom is -0.497 e. The first-order valence-corrected chi connectivity index (χ1v) is 7.97. The number of halogens is 1. The molecule has 1 saturated heterocycles. The monoisotopic (exact) mass is 340 g/mol. The summed E-state index contributed by atoms with van der Waals surface area (Å²) in [6, 6.07) is 7.80. The molecule has 1 aliphatic heterocycles. The second-order valence-corrected chi connectivity index (χ2v) is 6.36. The molecular formula is C17H25ClN2O3. The van der Waals surface area contributed by atoms with Gasteiger partial charge in [-0.2, -0.15) is 0 Å². The number of nitrogens with one attached hydrogen (secondary N) is 2. The molecule has 0 radical (unpaired) electrons. The summed E-state index contributed by atoms with van der Waals surface area (Å²) in [6.45, 7) is 1.91. The Morgan fingerprint density at radius 3 is 2.52 bits per heavy atom. The van der Waals surface area contributed by atoms with Crippen LogP contribution >= 0.6 is 12.4 Å². The Morgan fingerprint density at radius 1 is 1.35 bits per heavy atom. The van der Waals surface area contributed by atoms with E-state index in [-0.39, 0.29) is 30.3 Å². The van der Waals surface area contributed by atoms with Gasteiger partial charge >= 0.3 is 0 Å². The van der Waals surface area contributed by atoms with E-state index in [0.717, 1.165) is 37.1 Å². The first-order valence-electron chi connectivity index (χ1n) is 7.97. The first kappa shape index (κ1) is 18.0. The lowest BCUT2D eigenvalue weighted by atomic mass is 9.63. The molecular weight excluding hydrogens is 316 g/mol. The molecule has 0 bridgehead atoms. The zero-order valence-electron chi connectivity index (χ0n) is 13.4. The number of hydrogen-bond donors (Lipinski definition) is 3. The van der Waals surface area contributed by atoms with Crippen LogP contribution in [0.1, 0.15) is 24.8 Å². The van der Waals surface area contributed by atoms with Gasteiger partial charge in [0.15, 0.2) is 0 Å². The summed E-state index contributed by atoms with van der Waals surface area (Å²) in [5.74, 6) is 0.999. The average Bonchev–Trinajstić information content (AvgIpc) is 2.90. The number of hydrogen-bond acceptors (Lipinski definition) is 4. The van der Waals surface area contributed by atoms with E-state index >= 15 is 0 Å². The summed E-state index contributed by atoms with van der Waals surface area (Å²) < 4.78 is 5.19. The quantitative estimate of drug-likeness (QED) is 0.754. The molecule has 2 unspecified atom stereocenters. The van der Waals surface area contributed by atoms with Gasteiger partial charge in [0.1, 0.15) is 5.75 Å². The smallest absolute Gasteiger partial charge is 0.230 e. The largest absolute Gasteiger partial charge is 0.497 e. The summed E-state index contributed by atoms with van der Waals surface area (Å²) in [5, 5.41) is 16.0. The van der Waals surface area contributed by atoms with Crippen molar-refractivity contribution in [3.63, 3.8) is 0 Å². The van der Waals surface area contributed by atoms with Gasteiger partial charge in [-0.25, -0.2) is 0 Å². The van der Waals surface area contributed by atoms with Gasteiger partial charge in [-0.15, -0.1) is 12.4 Å². The van der Waals surface area contributed by atoms with E-state index in [4.69, 9.17) is 4.74 Å². The van der Waals surface area contributed by atoms with Crippen molar-refractivity contribution in [2.24, 2.45) is 5.92 Å². The van der Waals surface area contributed by atoms with Gasteiger partial charge in [-0.1, -0.05) is 18.6 Å². The second-order valence-electron chi connectivity index (χ2n) is 6.36. The molecule has 2 atom stereocenters. The fourth-order valence-electron chi connectivity index (χ4n) is 3.41. The molecule has 1 amide bonds. The third-order valence-electron chi connectivity index (χ3n) is 5.11. The van der Waals surface area contributed by atoms with Gasteiger partial charge in [-0.05, 0) is 30.5 Å². The first-order chi connectivity index (χ1) is 10.7. The van der Waals surface area contributed by atoms with Crippen molar-refractivity contribution in [3.05, 3.63) is 29.8 Å². The zero-order chi connectivity index (χ0) is 15.6. The van der Waals surface area contributed by atoms with Crippen LogP contribution in [-0.2, 0) is 10.2 Å². The Kier molecular flexibility index (Phi) is 5.89. The van der Waals surface area contributed by atoms with Crippen LogP contribution in [0.3, 0.4) is 0 Å². The van der Waals surface area contributed by atoms with Crippen molar-refractivity contribution in [1.82, 2.24) is 10.6 Å². The van der Waals surface area contributed by atoms with Gasteiger partial charge in [0.05, 0.1) is 18.6 Å². The minimum absolute atomic E-state index is 0. The van der Waals surface area contributed by atoms with Crippen LogP contribution in [0.2, 0.25) is 0 Å². The van der Waals surface area contributed by atoms with Gasteiger partial charge < -0.3 is 20.5 Å². The Balaban J connectivity index is 0.00000192. The lowest BCUT2D eigenvalue weighted by Gasteiger charge is -2.41. The molecule has 6 heteroatoms. The summed E-state index contributed by atoms with van der Waals surface area (Å²) in [7, 11) is 1.64. The lowest BCUT2D eigenvalue weighted by Crippen LogP contribution is -2.50. The number of β-amino-alcohol motifs (C(OH)–C–C–N with tert-alkyl or cyclic N) is 1. The molecule has 1 aromatic rings. The fraction of sp³-hybridized carbons (Fsp3) is 0.588. The van der Waals surface area contributed by atoms with E-state index in [1.165, 1.54) is 0 Å². The molecule has 23 heavy (non-hydrogen) atoms. The zero-order valence-corrected chi connectivity index (χ0v) is 14.2. The van der Waals surface area contributed by atoms with Crippen LogP contribution in [0.5, 0.6) is 5.75 Å². The summed E-state index contributed by atoms with van der Waals surface area (Å²) in [4.78, 5) is 12.7. The predicted octanol–water partition coefficient (Wildman–Crippen LogP) is 1.24. The van der Waals surface area contributed by atoms with E-state index in [0.29, 0.717) is 13.1 Å². The van der Waals surface area contributed by atoms with Crippen molar-refractivity contribution >= 4 is 18.3 Å². The normalized spacial score (nSPS) is 25.1. The summed E-state index contributed by atoms with van der Waals surface area (Å²) >= 11 is 0. The Labute approximate surface area is 143 Å². The highest BCUT2D eigenvalue weighted by Crippen LogP contribution is 2.44. The molecule has 3 rings (SSSR count). The van der Waals surface area contributed by atoms with Crippen LogP contribution in [0.4, 0.5) is 0 Å². The summed E-state index contributed by atoms with van der Waals surface area (Å²) in [6.07, 6.45) is 2.49. The molecule has 0 aromatic heterocycles. The number of carbonyl (C=O) groups is 1. The highest BCUT2D eigenvalue weighted by atomic mass is 35.5. The van der Waals surface area contributed by atoms with E-state index in [2.05, 4.69) is 10.6 Å². The van der Waals surface area contributed by atoms with Gasteiger partial charge in [0, 0.05) is 25.6 Å². The Bertz CT molecular complexity index is 531. The van der Waals surface area contributed by atoms with E-state index in [9.17, 15) is 9.90 Å². The van der Waals surface area contributed by atoms with Crippen LogP contribution in [-0.4, -0.2) is 43.9 Å². The van der Waals surface area contributed by atoms with Crippen molar-refractivity contribution in [2.45, 2.75) is 30.8 Å². The molecule has 1 aromatic carbocycles. The standard InChI is InChI=1S/C17H24N2O3.ClH/c1-22-14-5-3-13(4-6-14)17(7-2-8-17)16(21)19-10-12-9-18-11-15(12)20;/h3-6,12,15,18,20H,2,7-11H2,1H3,(H,19,21);1H. The number of carbonyl (C=O) groups excluding carboxylic acids is 1. The van der Waals surface area contributed by atoms with Crippen LogP contribution in [0.15, 0.2) is 24.3 Å². The molecule has 0 spiro atoms. The van der Waals surface area contributed by atoms with E-state index < -0.39 is 5.41 Å². The number of aliphatic hydroxyl groups is 1. The molecule has 5 nitrogen and oxygen atoms in total. The maximum Gasteiger partial charge on any atom is 0.230 e. The lowest BCUT2D eigenvalue weighted by molar-refractivity contribution is -0.130. The molecule has 1 heterocycles. The second kappa shape index (κ2) is 7.51. The van der Waals surface area contributed by atoms with Crippen molar-refractivity contribution in [2.75, 3.05) is 26.7 Å². The van der Waals surface area contributed by atoms with Gasteiger partial charge in [-0.3, -0.25) is 4.79 Å². The Morgan fingerprint density at radius 2 is 2.04 bits per heavy atom. The molecule has 1 aliphatic carbocycles. The van der Waals surface area contributed by atoms with E-state index in [1.54, 1.807) is 7.11 Å². The predicted molar refractivity (Wildman–Crippen MR) is 91.1 cm³/mol. The van der Waals surface area contributed by atoms with E-state index in [1.807, 2.05) is 24.3 Å². The SMILES string of the molecule is COc1ccc(C2(C(=O)NCC3CNCC3O)CCC2)cc1.Cl. The number of benzene rings is 1. The molecule has 128 valence electrons. The number of amides is 1. The fourth-order valence-corrected chi connectivity index (χ4v) is 3.41. The maximum atomic E-state index is 12.7. The third kappa shape index (κ3) is 3.47. The molecule has 2 aliphatic rings. The molecule has 2 fully saturated rings. The van der Waals surface area contributed by atoms with Crippen LogP contribution < -0.4 is 15.4 Å². The van der Waals surface area contributed by atoms with Crippen LogP contribution in [0, 0.1) is 5.92 Å². The highest BCUT2D eigenvalue weighted by molar-refractivity contribution is 5.89. The number of methoxy groups -OCH3 is 1. The van der Waals surface area contributed by atoms with Crippen LogP contribution in [0.25, 0.3) is 0 Å². The third-order valence-corrected chi connectivity index (χ3v) is 5.11. The molecule has 3 N–H and O–H groups in total. The number of aliphatic hydroxyl groups excluding tert-OH is 1. The Hall–Kier alpha value is -1.30. The number of rotatable bonds is 5.